The van der Waals surface area contributed by atoms with Gasteiger partial charge in [-0.1, -0.05) is 89.5 Å². The van der Waals surface area contributed by atoms with E-state index in [1.165, 1.54) is 32.3 Å². The molecule has 0 unspecified atom stereocenters. The first-order valence-corrected chi connectivity index (χ1v) is 15.6. The molecular weight excluding hydrogens is 548 g/mol. The zero-order valence-electron chi connectivity index (χ0n) is 26.3. The van der Waals surface area contributed by atoms with Crippen LogP contribution in [-0.4, -0.2) is 62.6 Å². The first-order valence-electron chi connectivity index (χ1n) is 15.6. The molecule has 3 N–H and O–H groups in total. The van der Waals surface area contributed by atoms with Crippen molar-refractivity contribution in [3.8, 4) is 0 Å². The summed E-state index contributed by atoms with van der Waals surface area (Å²) in [6.45, 7) is 10.2. The molecule has 0 aromatic heterocycles. The highest BCUT2D eigenvalue weighted by Crippen LogP contribution is 2.77. The predicted octanol–water partition coefficient (Wildman–Crippen LogP) is 4.69. The topological polar surface area (TPSA) is 130 Å². The lowest BCUT2D eigenvalue weighted by Crippen LogP contribution is -2.66. The summed E-state index contributed by atoms with van der Waals surface area (Å²) >= 11 is 0. The molecule has 4 aliphatic rings. The third-order valence-electron chi connectivity index (χ3n) is 10.4. The van der Waals surface area contributed by atoms with Crippen molar-refractivity contribution in [2.24, 2.45) is 29.1 Å². The molecule has 236 valence electrons. The van der Waals surface area contributed by atoms with Gasteiger partial charge in [0, 0.05) is 48.5 Å². The number of hydrogen-bond donors (Lipinski definition) is 3. The number of unbranched alkanes of at least 4 members (excludes halogenated alkanes) is 4. The van der Waals surface area contributed by atoms with Gasteiger partial charge in [0.25, 0.3) is 0 Å². The Morgan fingerprint density at radius 1 is 1.07 bits per heavy atom. The number of rotatable bonds is 11. The second kappa shape index (κ2) is 12.3. The van der Waals surface area contributed by atoms with Crippen LogP contribution >= 0.6 is 0 Å². The molecular formula is C35H48O8. The quantitative estimate of drug-likeness (QED) is 0.103. The summed E-state index contributed by atoms with van der Waals surface area (Å²) in [6.07, 6.45) is 18.4. The third-order valence-corrected chi connectivity index (χ3v) is 10.4. The molecule has 0 amide bonds. The number of ketones is 1. The van der Waals surface area contributed by atoms with Gasteiger partial charge in [0.2, 0.25) is 0 Å². The minimum absolute atomic E-state index is 0.132. The van der Waals surface area contributed by atoms with Crippen LogP contribution in [0, 0.1) is 29.1 Å². The van der Waals surface area contributed by atoms with E-state index < -0.39 is 76.3 Å². The van der Waals surface area contributed by atoms with E-state index in [1.807, 2.05) is 26.0 Å². The number of fused-ring (bicyclic) bond motifs is 5. The van der Waals surface area contributed by atoms with Crippen LogP contribution in [-0.2, 0) is 23.9 Å². The summed E-state index contributed by atoms with van der Waals surface area (Å²) in [6, 6.07) is 0. The fourth-order valence-electron chi connectivity index (χ4n) is 8.35. The molecule has 2 fully saturated rings. The van der Waals surface area contributed by atoms with Crippen LogP contribution in [0.1, 0.15) is 80.1 Å². The highest BCUT2D eigenvalue weighted by atomic mass is 16.6. The fraction of sp³-hybridized carbons (Fsp3) is 0.629. The number of allylic oxidation sites excluding steroid dienone is 5. The number of Topliss-reactive ketones (excluding diaryl/α,β-unsaturated/α-hetero) is 1. The number of esters is 2. The largest absolute Gasteiger partial charge is 0.455 e. The SMILES string of the molecule is CCCCCC/C=C/C=C/C=C\C(=O)O[C@@H]1[C@@H](C)[C@@]2(O)[C@@H](C=C(CO)C[C@]3(O)C(=O)C(C)=C[C@@H]23)[C@@H]2C(C)(C)[C@]12OC(C)=O. The summed E-state index contributed by atoms with van der Waals surface area (Å²) in [4.78, 5) is 38.9. The number of ether oxygens (including phenoxy) is 2. The Kier molecular flexibility index (Phi) is 9.46. The zero-order valence-corrected chi connectivity index (χ0v) is 26.3. The van der Waals surface area contributed by atoms with E-state index in [4.69, 9.17) is 9.47 Å². The number of aliphatic hydroxyl groups excluding tert-OH is 1. The normalized spacial score (nSPS) is 37.9. The maximum Gasteiger partial charge on any atom is 0.331 e. The molecule has 0 aromatic rings. The lowest BCUT2D eigenvalue weighted by Gasteiger charge is -2.53. The van der Waals surface area contributed by atoms with E-state index in [1.54, 1.807) is 38.2 Å². The average molecular weight is 597 g/mol. The van der Waals surface area contributed by atoms with Gasteiger partial charge in [0.1, 0.15) is 11.7 Å². The Morgan fingerprint density at radius 3 is 2.42 bits per heavy atom. The van der Waals surface area contributed by atoms with Crippen molar-refractivity contribution in [1.29, 1.82) is 0 Å². The van der Waals surface area contributed by atoms with Crippen molar-refractivity contribution in [1.82, 2.24) is 0 Å². The van der Waals surface area contributed by atoms with Gasteiger partial charge in [-0.05, 0) is 30.9 Å². The molecule has 0 aromatic carbocycles. The molecule has 4 aliphatic carbocycles. The Labute approximate surface area is 255 Å². The maximum absolute atomic E-state index is 13.2. The smallest absolute Gasteiger partial charge is 0.331 e. The monoisotopic (exact) mass is 596 g/mol. The minimum atomic E-state index is -1.96. The van der Waals surface area contributed by atoms with Crippen molar-refractivity contribution in [3.05, 3.63) is 59.8 Å². The molecule has 2 saturated carbocycles. The minimum Gasteiger partial charge on any atom is -0.455 e. The Hall–Kier alpha value is -2.81. The van der Waals surface area contributed by atoms with Crippen molar-refractivity contribution < 1.29 is 39.2 Å². The van der Waals surface area contributed by atoms with Crippen molar-refractivity contribution in [2.75, 3.05) is 6.61 Å². The lowest BCUT2D eigenvalue weighted by molar-refractivity contribution is -0.226. The molecule has 0 radical (unpaired) electrons. The highest BCUT2D eigenvalue weighted by Gasteiger charge is 2.87. The molecule has 0 bridgehead atoms. The molecule has 0 aliphatic heterocycles. The molecule has 8 nitrogen and oxygen atoms in total. The maximum atomic E-state index is 13.2. The van der Waals surface area contributed by atoms with Gasteiger partial charge in [-0.3, -0.25) is 9.59 Å². The van der Waals surface area contributed by atoms with E-state index in [0.29, 0.717) is 11.1 Å². The predicted molar refractivity (Wildman–Crippen MR) is 162 cm³/mol. The first kappa shape index (κ1) is 33.1. The molecule has 0 saturated heterocycles. The molecule has 8 atom stereocenters. The molecule has 0 spiro atoms. The standard InChI is InChI=1S/C35H48O8/c1-7-8-9-10-11-12-13-14-15-16-17-28(38)42-31-23(3)34(41)26(29-32(5,6)35(29,31)43-24(4)37)19-25(21-36)20-33(40)27(34)18-22(2)30(33)39/h12-19,23,26-27,29,31,36,40-41H,7-11,20-21H2,1-6H3/b13-12+,15-14+,17-16-/t23-,26+,27-,29-,31-,33-,34-,35-/m1/s1. The summed E-state index contributed by atoms with van der Waals surface area (Å²) in [5, 5.41) is 34.7. The zero-order chi connectivity index (χ0) is 31.8. The molecule has 8 heteroatoms. The van der Waals surface area contributed by atoms with Crippen LogP contribution in [0.2, 0.25) is 0 Å². The highest BCUT2D eigenvalue weighted by molar-refractivity contribution is 6.04. The van der Waals surface area contributed by atoms with Crippen LogP contribution in [0.25, 0.3) is 0 Å². The van der Waals surface area contributed by atoms with E-state index >= 15 is 0 Å². The summed E-state index contributed by atoms with van der Waals surface area (Å²) in [7, 11) is 0. The summed E-state index contributed by atoms with van der Waals surface area (Å²) in [5.74, 6) is -4.80. The lowest BCUT2D eigenvalue weighted by atomic mass is 9.59. The van der Waals surface area contributed by atoms with Crippen LogP contribution in [0.4, 0.5) is 0 Å². The van der Waals surface area contributed by atoms with E-state index in [2.05, 4.69) is 13.0 Å². The first-order chi connectivity index (χ1) is 20.2. The number of carbonyl (C=O) groups excluding carboxylic acids is 3. The van der Waals surface area contributed by atoms with Gasteiger partial charge in [-0.15, -0.1) is 0 Å². The van der Waals surface area contributed by atoms with Crippen LogP contribution < -0.4 is 0 Å². The Morgan fingerprint density at radius 2 is 1.77 bits per heavy atom. The second-order valence-corrected chi connectivity index (χ2v) is 13.4. The summed E-state index contributed by atoms with van der Waals surface area (Å²) < 4.78 is 12.1. The van der Waals surface area contributed by atoms with Gasteiger partial charge in [0.15, 0.2) is 11.4 Å². The van der Waals surface area contributed by atoms with E-state index in [9.17, 15) is 29.7 Å². The van der Waals surface area contributed by atoms with Gasteiger partial charge in [-0.2, -0.15) is 0 Å². The fourth-order valence-corrected chi connectivity index (χ4v) is 8.35. The van der Waals surface area contributed by atoms with Crippen molar-refractivity contribution >= 4 is 17.7 Å². The number of hydrogen-bond acceptors (Lipinski definition) is 8. The van der Waals surface area contributed by atoms with E-state index in [0.717, 1.165) is 12.8 Å². The number of carbonyl (C=O) groups is 3. The number of aliphatic hydroxyl groups is 3. The molecule has 4 rings (SSSR count). The van der Waals surface area contributed by atoms with E-state index in [-0.39, 0.29) is 6.42 Å². The molecule has 43 heavy (non-hydrogen) atoms. The van der Waals surface area contributed by atoms with Gasteiger partial charge >= 0.3 is 11.9 Å². The van der Waals surface area contributed by atoms with Crippen LogP contribution in [0.15, 0.2) is 59.8 Å². The van der Waals surface area contributed by atoms with Crippen LogP contribution in [0.5, 0.6) is 0 Å². The Balaban J connectivity index is 1.65. The summed E-state index contributed by atoms with van der Waals surface area (Å²) in [5.41, 5.74) is -4.94. The average Bonchev–Trinajstić information content (AvgIpc) is 3.37. The van der Waals surface area contributed by atoms with Crippen LogP contribution in [0.3, 0.4) is 0 Å². The van der Waals surface area contributed by atoms with Gasteiger partial charge in [-0.25, -0.2) is 4.79 Å². The third kappa shape index (κ3) is 5.40. The second-order valence-electron chi connectivity index (χ2n) is 13.4. The van der Waals surface area contributed by atoms with Gasteiger partial charge in [0.05, 0.1) is 12.2 Å². The van der Waals surface area contributed by atoms with Gasteiger partial charge < -0.3 is 24.8 Å². The van der Waals surface area contributed by atoms with Crippen molar-refractivity contribution in [3.63, 3.8) is 0 Å². The van der Waals surface area contributed by atoms with Crippen molar-refractivity contribution in [2.45, 2.75) is 103 Å². The molecule has 0 heterocycles. The Bertz CT molecular complexity index is 1270.